The Hall–Kier alpha value is -1.24. The number of nitriles is 1. The molecule has 0 unspecified atom stereocenters. The molecule has 0 atom stereocenters. The third kappa shape index (κ3) is 2.52. The summed E-state index contributed by atoms with van der Waals surface area (Å²) in [5, 5.41) is 9.27. The number of aromatic amines is 1. The number of fused-ring (bicyclic) bond motifs is 1. The number of benzene rings is 2. The van der Waals surface area contributed by atoms with Gasteiger partial charge < -0.3 is 4.98 Å². The van der Waals surface area contributed by atoms with Crippen molar-refractivity contribution >= 4 is 61.8 Å². The molecule has 1 heterocycles. The first-order valence-electron chi connectivity index (χ1n) is 5.81. The fraction of sp³-hybridized carbons (Fsp3) is 0. The average Bonchev–Trinajstić information content (AvgIpc) is 2.74. The molecular formula is C14H6BrFIN3S. The predicted molar refractivity (Wildman–Crippen MR) is 93.5 cm³/mol. The third-order valence-electron chi connectivity index (χ3n) is 3.05. The number of nitrogens with zero attached hydrogens (tertiary/aromatic N) is 2. The van der Waals surface area contributed by atoms with E-state index in [1.54, 1.807) is 28.8 Å². The van der Waals surface area contributed by atoms with Crippen LogP contribution in [0.5, 0.6) is 0 Å². The van der Waals surface area contributed by atoms with Gasteiger partial charge in [-0.1, -0.05) is 15.9 Å². The maximum absolute atomic E-state index is 13.9. The van der Waals surface area contributed by atoms with Crippen molar-refractivity contribution in [3.63, 3.8) is 0 Å². The molecule has 0 bridgehead atoms. The number of nitrogens with one attached hydrogen (secondary N) is 1. The van der Waals surface area contributed by atoms with E-state index < -0.39 is 0 Å². The number of aromatic nitrogens is 2. The first-order valence-corrected chi connectivity index (χ1v) is 8.09. The molecular weight excluding hydrogens is 468 g/mol. The van der Waals surface area contributed by atoms with E-state index >= 15 is 0 Å². The Morgan fingerprint density at radius 2 is 2.10 bits per heavy atom. The van der Waals surface area contributed by atoms with E-state index in [1.807, 2.05) is 22.6 Å². The van der Waals surface area contributed by atoms with Crippen LogP contribution in [0.1, 0.15) is 5.56 Å². The second kappa shape index (κ2) is 5.51. The Balaban J connectivity index is 2.44. The van der Waals surface area contributed by atoms with Crippen LogP contribution in [0, 0.1) is 25.5 Å². The summed E-state index contributed by atoms with van der Waals surface area (Å²) >= 11 is 10.6. The van der Waals surface area contributed by atoms with Gasteiger partial charge in [-0.2, -0.15) is 5.26 Å². The Morgan fingerprint density at radius 3 is 2.81 bits per heavy atom. The van der Waals surface area contributed by atoms with E-state index in [1.165, 1.54) is 6.07 Å². The molecule has 0 spiro atoms. The molecule has 1 aromatic heterocycles. The Morgan fingerprint density at radius 1 is 1.33 bits per heavy atom. The fourth-order valence-corrected chi connectivity index (χ4v) is 3.25. The zero-order valence-electron chi connectivity index (χ0n) is 10.3. The molecule has 0 fully saturated rings. The van der Waals surface area contributed by atoms with Gasteiger partial charge in [0.05, 0.1) is 25.9 Å². The summed E-state index contributed by atoms with van der Waals surface area (Å²) in [6, 6.07) is 10.5. The molecule has 21 heavy (non-hydrogen) atoms. The van der Waals surface area contributed by atoms with Gasteiger partial charge in [0, 0.05) is 10.5 Å². The van der Waals surface area contributed by atoms with Crippen molar-refractivity contribution in [2.24, 2.45) is 0 Å². The maximum Gasteiger partial charge on any atom is 0.182 e. The Kier molecular flexibility index (Phi) is 3.86. The van der Waals surface area contributed by atoms with E-state index in [9.17, 15) is 9.65 Å². The summed E-state index contributed by atoms with van der Waals surface area (Å²) in [5.74, 6) is -0.320. The van der Waals surface area contributed by atoms with Gasteiger partial charge >= 0.3 is 0 Å². The molecule has 1 N–H and O–H groups in total. The third-order valence-corrected chi connectivity index (χ3v) is 4.65. The highest BCUT2D eigenvalue weighted by atomic mass is 127. The van der Waals surface area contributed by atoms with Crippen LogP contribution in [0.25, 0.3) is 16.7 Å². The van der Waals surface area contributed by atoms with Crippen LogP contribution >= 0.6 is 50.7 Å². The van der Waals surface area contributed by atoms with Gasteiger partial charge in [0.1, 0.15) is 11.9 Å². The Labute approximate surface area is 146 Å². The van der Waals surface area contributed by atoms with E-state index in [0.717, 1.165) is 9.99 Å². The van der Waals surface area contributed by atoms with Crippen LogP contribution in [-0.2, 0) is 0 Å². The minimum Gasteiger partial charge on any atom is -0.330 e. The molecule has 0 amide bonds. The van der Waals surface area contributed by atoms with Crippen molar-refractivity contribution in [1.82, 2.24) is 9.55 Å². The van der Waals surface area contributed by atoms with Crippen molar-refractivity contribution in [3.05, 3.63) is 54.5 Å². The smallest absolute Gasteiger partial charge is 0.182 e. The highest BCUT2D eigenvalue weighted by molar-refractivity contribution is 14.1. The molecule has 3 nitrogen and oxygen atoms in total. The van der Waals surface area contributed by atoms with Gasteiger partial charge in [0.2, 0.25) is 0 Å². The number of rotatable bonds is 1. The quantitative estimate of drug-likeness (QED) is 0.396. The van der Waals surface area contributed by atoms with E-state index in [4.69, 9.17) is 12.2 Å². The standard InChI is InChI=1S/C14H6BrFIN3S/c15-8-2-1-7(6-18)12(3-8)20-13-4-9(16)10(17)5-11(13)19-14(20)21/h1-5H,(H,19,21). The molecule has 0 radical (unpaired) electrons. The van der Waals surface area contributed by atoms with Crippen molar-refractivity contribution in [3.8, 4) is 11.8 Å². The van der Waals surface area contributed by atoms with Crippen molar-refractivity contribution in [2.75, 3.05) is 0 Å². The highest BCUT2D eigenvalue weighted by Crippen LogP contribution is 2.27. The highest BCUT2D eigenvalue weighted by Gasteiger charge is 2.13. The molecule has 0 saturated carbocycles. The largest absolute Gasteiger partial charge is 0.330 e. The van der Waals surface area contributed by atoms with Crippen LogP contribution < -0.4 is 0 Å². The summed E-state index contributed by atoms with van der Waals surface area (Å²) in [7, 11) is 0. The minimum absolute atomic E-state index is 0.320. The second-order valence-electron chi connectivity index (χ2n) is 4.32. The van der Waals surface area contributed by atoms with E-state index in [-0.39, 0.29) is 5.82 Å². The van der Waals surface area contributed by atoms with Crippen LogP contribution in [-0.4, -0.2) is 9.55 Å². The summed E-state index contributed by atoms with van der Waals surface area (Å²) in [4.78, 5) is 3.05. The second-order valence-corrected chi connectivity index (χ2v) is 6.79. The number of hydrogen-bond donors (Lipinski definition) is 1. The molecule has 0 aliphatic rings. The van der Waals surface area contributed by atoms with Crippen molar-refractivity contribution in [2.45, 2.75) is 0 Å². The Bertz CT molecular complexity index is 971. The van der Waals surface area contributed by atoms with Crippen molar-refractivity contribution < 1.29 is 4.39 Å². The molecule has 0 aliphatic heterocycles. The minimum atomic E-state index is -0.320. The molecule has 0 aliphatic carbocycles. The number of hydrogen-bond acceptors (Lipinski definition) is 2. The topological polar surface area (TPSA) is 44.5 Å². The van der Waals surface area contributed by atoms with Crippen molar-refractivity contribution in [1.29, 1.82) is 5.26 Å². The van der Waals surface area contributed by atoms with E-state index in [0.29, 0.717) is 25.1 Å². The van der Waals surface area contributed by atoms with Gasteiger partial charge in [0.15, 0.2) is 4.77 Å². The van der Waals surface area contributed by atoms with Crippen LogP contribution in [0.2, 0.25) is 0 Å². The monoisotopic (exact) mass is 473 g/mol. The number of H-pyrrole nitrogens is 1. The number of halogens is 3. The predicted octanol–water partition coefficient (Wildman–Crippen LogP) is 5.07. The lowest BCUT2D eigenvalue weighted by molar-refractivity contribution is 0.622. The first-order chi connectivity index (χ1) is 10.0. The lowest BCUT2D eigenvalue weighted by Crippen LogP contribution is -1.98. The van der Waals surface area contributed by atoms with Gasteiger partial charge in [-0.05, 0) is 59.1 Å². The summed E-state index contributed by atoms with van der Waals surface area (Å²) in [6.07, 6.45) is 0. The average molecular weight is 474 g/mol. The summed E-state index contributed by atoms with van der Waals surface area (Å²) in [6.45, 7) is 0. The zero-order valence-corrected chi connectivity index (χ0v) is 14.9. The van der Waals surface area contributed by atoms with Crippen LogP contribution in [0.3, 0.4) is 0 Å². The van der Waals surface area contributed by atoms with Crippen LogP contribution in [0.15, 0.2) is 34.8 Å². The SMILES string of the molecule is N#Cc1ccc(Br)cc1-n1c(=S)[nH]c2cc(I)c(F)cc21. The molecule has 2 aromatic carbocycles. The molecule has 3 rings (SSSR count). The van der Waals surface area contributed by atoms with E-state index in [2.05, 4.69) is 27.0 Å². The summed E-state index contributed by atoms with van der Waals surface area (Å²) in [5.41, 5.74) is 2.42. The normalized spacial score (nSPS) is 10.8. The maximum atomic E-state index is 13.9. The molecule has 0 saturated heterocycles. The zero-order chi connectivity index (χ0) is 15.1. The summed E-state index contributed by atoms with van der Waals surface area (Å²) < 4.78 is 17.3. The van der Waals surface area contributed by atoms with Gasteiger partial charge in [0.25, 0.3) is 0 Å². The molecule has 104 valence electrons. The lowest BCUT2D eigenvalue weighted by Gasteiger charge is -2.08. The van der Waals surface area contributed by atoms with Gasteiger partial charge in [-0.25, -0.2) is 4.39 Å². The van der Waals surface area contributed by atoms with Crippen LogP contribution in [0.4, 0.5) is 4.39 Å². The lowest BCUT2D eigenvalue weighted by atomic mass is 10.2. The number of imidazole rings is 1. The molecule has 3 aromatic rings. The molecule has 7 heteroatoms. The first kappa shape index (κ1) is 14.7. The van der Waals surface area contributed by atoms with Gasteiger partial charge in [-0.15, -0.1) is 0 Å². The fourth-order valence-electron chi connectivity index (χ4n) is 2.13. The van der Waals surface area contributed by atoms with Gasteiger partial charge in [-0.3, -0.25) is 4.57 Å².